The van der Waals surface area contributed by atoms with E-state index in [4.69, 9.17) is 4.74 Å². The Morgan fingerprint density at radius 2 is 1.78 bits per heavy atom. The van der Waals surface area contributed by atoms with Crippen molar-refractivity contribution < 1.29 is 17.9 Å². The summed E-state index contributed by atoms with van der Waals surface area (Å²) in [4.78, 5) is 24.5. The van der Waals surface area contributed by atoms with Crippen LogP contribution in [0.15, 0.2) is 53.4 Å². The Morgan fingerprint density at radius 3 is 2.51 bits per heavy atom. The zero-order chi connectivity index (χ0) is 26.3. The van der Waals surface area contributed by atoms with Crippen molar-refractivity contribution in [2.75, 3.05) is 11.3 Å². The lowest BCUT2D eigenvalue weighted by molar-refractivity contribution is 0.0296. The van der Waals surface area contributed by atoms with E-state index < -0.39 is 10.0 Å². The van der Waals surface area contributed by atoms with E-state index in [-0.39, 0.29) is 34.8 Å². The Balaban J connectivity index is 1.65. The van der Waals surface area contributed by atoms with Crippen molar-refractivity contribution in [1.82, 2.24) is 14.9 Å². The topological polar surface area (TPSA) is 101 Å². The smallest absolute Gasteiger partial charge is 0.264 e. The van der Waals surface area contributed by atoms with Gasteiger partial charge in [0.2, 0.25) is 11.8 Å². The van der Waals surface area contributed by atoms with Crippen molar-refractivity contribution in [1.29, 1.82) is 0 Å². The molecule has 8 nitrogen and oxygen atoms in total. The Labute approximate surface area is 218 Å². The summed E-state index contributed by atoms with van der Waals surface area (Å²) in [6.45, 7) is 8.66. The zero-order valence-electron chi connectivity index (χ0n) is 21.6. The maximum absolute atomic E-state index is 13.7. The van der Waals surface area contributed by atoms with E-state index in [0.717, 1.165) is 36.0 Å². The highest BCUT2D eigenvalue weighted by atomic mass is 32.2. The van der Waals surface area contributed by atoms with Gasteiger partial charge in [0.05, 0.1) is 17.1 Å². The van der Waals surface area contributed by atoms with Crippen molar-refractivity contribution in [3.8, 4) is 17.1 Å². The third-order valence-corrected chi connectivity index (χ3v) is 8.34. The molecule has 0 radical (unpaired) electrons. The average molecular weight is 521 g/mol. The summed E-state index contributed by atoms with van der Waals surface area (Å²) >= 11 is 0. The maximum Gasteiger partial charge on any atom is 0.264 e. The van der Waals surface area contributed by atoms with E-state index in [2.05, 4.69) is 28.5 Å². The Morgan fingerprint density at radius 1 is 1.05 bits per heavy atom. The number of aromatic nitrogens is 2. The predicted octanol–water partition coefficient (Wildman–Crippen LogP) is 4.97. The molecule has 2 aromatic carbocycles. The fourth-order valence-electron chi connectivity index (χ4n) is 5.32. The van der Waals surface area contributed by atoms with Crippen molar-refractivity contribution in [3.63, 3.8) is 0 Å². The molecule has 37 heavy (non-hydrogen) atoms. The number of anilines is 1. The van der Waals surface area contributed by atoms with E-state index in [1.54, 1.807) is 18.2 Å². The van der Waals surface area contributed by atoms with Crippen LogP contribution in [0.25, 0.3) is 11.3 Å². The van der Waals surface area contributed by atoms with E-state index >= 15 is 0 Å². The van der Waals surface area contributed by atoms with Gasteiger partial charge in [-0.1, -0.05) is 38.1 Å². The highest BCUT2D eigenvalue weighted by Crippen LogP contribution is 2.32. The second-order valence-corrected chi connectivity index (χ2v) is 12.1. The number of ether oxygens (including phenoxy) is 1. The van der Waals surface area contributed by atoms with Gasteiger partial charge in [-0.05, 0) is 68.4 Å². The van der Waals surface area contributed by atoms with Gasteiger partial charge in [0.1, 0.15) is 6.10 Å². The number of carbonyl (C=O) groups is 1. The fourth-order valence-corrected chi connectivity index (χ4v) is 6.31. The normalized spacial score (nSPS) is 20.8. The number of sulfonamides is 1. The van der Waals surface area contributed by atoms with Crippen LogP contribution in [0.4, 0.5) is 5.95 Å². The van der Waals surface area contributed by atoms with Crippen LogP contribution in [0.2, 0.25) is 0 Å². The number of hydrogen-bond acceptors (Lipinski definition) is 6. The third-order valence-electron chi connectivity index (χ3n) is 7.01. The molecule has 1 saturated heterocycles. The van der Waals surface area contributed by atoms with Gasteiger partial charge >= 0.3 is 0 Å². The summed E-state index contributed by atoms with van der Waals surface area (Å²) in [5.74, 6) is 0.428. The molecule has 0 spiro atoms. The molecule has 3 heterocycles. The number of hydrogen-bond donors (Lipinski definition) is 1. The molecule has 6 bridgehead atoms. The summed E-state index contributed by atoms with van der Waals surface area (Å²) in [5, 5.41) is 0. The zero-order valence-corrected chi connectivity index (χ0v) is 22.4. The lowest BCUT2D eigenvalue weighted by Crippen LogP contribution is -2.50. The van der Waals surface area contributed by atoms with Crippen LogP contribution < -0.4 is 9.46 Å². The number of amides is 1. The SMILES string of the molecule is Cc1cccc(C)c1-c1cc2nc(n1)NS(=O)(=O)c1cccc(c1)C(=O)N1C[C@@H](CCC1CC(C)C)O2. The minimum absolute atomic E-state index is 0.0184. The van der Waals surface area contributed by atoms with Gasteiger partial charge in [-0.3, -0.25) is 4.79 Å². The minimum Gasteiger partial charge on any atom is -0.472 e. The number of nitrogens with one attached hydrogen (secondary N) is 1. The fraction of sp³-hybridized carbons (Fsp3) is 0.393. The minimum atomic E-state index is -4.06. The molecular weight excluding hydrogens is 488 g/mol. The van der Waals surface area contributed by atoms with Crippen LogP contribution in [0.5, 0.6) is 5.88 Å². The second kappa shape index (κ2) is 9.78. The standard InChI is InChI=1S/C28H32N4O4S/c1-17(2)13-21-11-12-22-16-32(21)27(33)20-9-6-10-23(14-20)37(34,35)31-28-29-24(15-25(30-28)36-22)26-18(3)7-5-8-19(26)4/h5-10,14-15,17,21-22H,11-13,16H2,1-4H3,(H,29,30,31)/t21?,22-/m1/s1. The first-order valence-corrected chi connectivity index (χ1v) is 14.1. The summed E-state index contributed by atoms with van der Waals surface area (Å²) < 4.78 is 35.5. The van der Waals surface area contributed by atoms with E-state index in [0.29, 0.717) is 23.7 Å². The molecular formula is C28H32N4O4S. The van der Waals surface area contributed by atoms with E-state index in [1.165, 1.54) is 12.1 Å². The molecule has 194 valence electrons. The van der Waals surface area contributed by atoms with Crippen LogP contribution in [-0.2, 0) is 10.0 Å². The molecule has 5 rings (SSSR count). The Hall–Kier alpha value is -3.46. The Kier molecular flexibility index (Phi) is 6.66. The van der Waals surface area contributed by atoms with Gasteiger partial charge in [-0.15, -0.1) is 0 Å². The molecule has 9 heteroatoms. The molecule has 1 N–H and O–H groups in total. The number of rotatable bonds is 3. The summed E-state index contributed by atoms with van der Waals surface area (Å²) in [6, 6.07) is 13.9. The molecule has 1 fully saturated rings. The number of nitrogens with zero attached hydrogens (tertiary/aromatic N) is 3. The van der Waals surface area contributed by atoms with Crippen LogP contribution in [0.3, 0.4) is 0 Å². The highest BCUT2D eigenvalue weighted by molar-refractivity contribution is 7.92. The van der Waals surface area contributed by atoms with Gasteiger partial charge in [0.15, 0.2) is 0 Å². The molecule has 1 aromatic heterocycles. The summed E-state index contributed by atoms with van der Waals surface area (Å²) in [5.41, 5.74) is 3.83. The lowest BCUT2D eigenvalue weighted by atomic mass is 9.92. The quantitative estimate of drug-likeness (QED) is 0.523. The maximum atomic E-state index is 13.7. The first kappa shape index (κ1) is 25.2. The van der Waals surface area contributed by atoms with Crippen LogP contribution in [0.1, 0.15) is 54.6 Å². The highest BCUT2D eigenvalue weighted by Gasteiger charge is 2.34. The van der Waals surface area contributed by atoms with Crippen molar-refractivity contribution in [3.05, 3.63) is 65.2 Å². The number of carbonyl (C=O) groups excluding carboxylic acids is 1. The van der Waals surface area contributed by atoms with Crippen LogP contribution in [-0.4, -0.2) is 47.9 Å². The first-order chi connectivity index (χ1) is 17.6. The van der Waals surface area contributed by atoms with Gasteiger partial charge in [0, 0.05) is 23.2 Å². The van der Waals surface area contributed by atoms with Crippen LogP contribution >= 0.6 is 0 Å². The van der Waals surface area contributed by atoms with Gasteiger partial charge in [-0.2, -0.15) is 4.98 Å². The Bertz CT molecular complexity index is 1430. The summed E-state index contributed by atoms with van der Waals surface area (Å²) in [7, 11) is -4.06. The number of fused-ring (bicyclic) bond motifs is 6. The van der Waals surface area contributed by atoms with E-state index in [1.807, 2.05) is 36.9 Å². The predicted molar refractivity (Wildman–Crippen MR) is 142 cm³/mol. The van der Waals surface area contributed by atoms with Gasteiger partial charge in [-0.25, -0.2) is 18.1 Å². The number of piperidine rings is 1. The molecule has 1 amide bonds. The van der Waals surface area contributed by atoms with Crippen molar-refractivity contribution in [2.24, 2.45) is 5.92 Å². The number of aryl methyl sites for hydroxylation is 2. The van der Waals surface area contributed by atoms with Crippen LogP contribution in [0, 0.1) is 19.8 Å². The molecule has 2 aliphatic heterocycles. The van der Waals surface area contributed by atoms with Crippen molar-refractivity contribution >= 4 is 21.9 Å². The summed E-state index contributed by atoms with van der Waals surface area (Å²) in [6.07, 6.45) is 2.16. The monoisotopic (exact) mass is 520 g/mol. The molecule has 2 atom stereocenters. The molecule has 0 aliphatic carbocycles. The number of benzene rings is 2. The molecule has 3 aromatic rings. The molecule has 0 saturated carbocycles. The third kappa shape index (κ3) is 5.18. The molecule has 1 unspecified atom stereocenters. The average Bonchev–Trinajstić information content (AvgIpc) is 2.83. The van der Waals surface area contributed by atoms with Crippen molar-refractivity contribution in [2.45, 2.75) is 64.0 Å². The van der Waals surface area contributed by atoms with Gasteiger partial charge in [0.25, 0.3) is 15.9 Å². The first-order valence-electron chi connectivity index (χ1n) is 12.7. The molecule has 2 aliphatic rings. The van der Waals surface area contributed by atoms with Gasteiger partial charge < -0.3 is 9.64 Å². The lowest BCUT2D eigenvalue weighted by Gasteiger charge is -2.40. The van der Waals surface area contributed by atoms with E-state index in [9.17, 15) is 13.2 Å². The second-order valence-electron chi connectivity index (χ2n) is 10.4. The largest absolute Gasteiger partial charge is 0.472 e.